The van der Waals surface area contributed by atoms with Crippen molar-refractivity contribution in [3.05, 3.63) is 47.5 Å². The van der Waals surface area contributed by atoms with Crippen molar-refractivity contribution in [1.29, 1.82) is 0 Å². The molecule has 1 aliphatic rings. The number of ether oxygens (including phenoxy) is 2. The lowest BCUT2D eigenvalue weighted by molar-refractivity contribution is -0.154. The molecule has 0 spiro atoms. The van der Waals surface area contributed by atoms with Crippen molar-refractivity contribution in [1.82, 2.24) is 0 Å². The number of hydrogen-bond donors (Lipinski definition) is 1. The Morgan fingerprint density at radius 1 is 1.08 bits per heavy atom. The lowest BCUT2D eigenvalue weighted by Gasteiger charge is -2.10. The average molecular weight is 356 g/mol. The zero-order valence-electron chi connectivity index (χ0n) is 12.1. The fourth-order valence-electron chi connectivity index (χ4n) is 2.28. The van der Waals surface area contributed by atoms with Gasteiger partial charge >= 0.3 is 12.3 Å². The molecule has 9 heteroatoms. The number of carboxylic acids is 1. The SMILES string of the molecule is Cc1cc2c(cc1S(=O)(=O)c1ccc(F)cc1F)OC(C(=O)O)O2. The highest BCUT2D eigenvalue weighted by Crippen LogP contribution is 2.40. The summed E-state index contributed by atoms with van der Waals surface area (Å²) in [5.74, 6) is -3.53. The largest absolute Gasteiger partial charge is 0.476 e. The van der Waals surface area contributed by atoms with Crippen LogP contribution in [-0.2, 0) is 14.6 Å². The Bertz CT molecular complexity index is 955. The first-order valence-corrected chi connectivity index (χ1v) is 8.09. The number of aryl methyl sites for hydroxylation is 1. The van der Waals surface area contributed by atoms with Gasteiger partial charge < -0.3 is 14.6 Å². The van der Waals surface area contributed by atoms with Crippen LogP contribution in [0.15, 0.2) is 40.1 Å². The summed E-state index contributed by atoms with van der Waals surface area (Å²) in [6.45, 7) is 1.44. The van der Waals surface area contributed by atoms with Gasteiger partial charge in [0.25, 0.3) is 0 Å². The summed E-state index contributed by atoms with van der Waals surface area (Å²) in [4.78, 5) is 9.90. The van der Waals surface area contributed by atoms with E-state index in [1.54, 1.807) is 0 Å². The Balaban J connectivity index is 2.10. The topological polar surface area (TPSA) is 89.9 Å². The first kappa shape index (κ1) is 16.2. The van der Waals surface area contributed by atoms with Crippen molar-refractivity contribution in [2.24, 2.45) is 0 Å². The molecule has 0 saturated carbocycles. The number of carboxylic acid groups (broad SMARTS) is 1. The monoisotopic (exact) mass is 356 g/mol. The van der Waals surface area contributed by atoms with Gasteiger partial charge in [-0.2, -0.15) is 0 Å². The van der Waals surface area contributed by atoms with Crippen LogP contribution >= 0.6 is 0 Å². The predicted octanol–water partition coefficient (Wildman–Crippen LogP) is 2.29. The highest BCUT2D eigenvalue weighted by atomic mass is 32.2. The lowest BCUT2D eigenvalue weighted by atomic mass is 10.2. The van der Waals surface area contributed by atoms with Crippen molar-refractivity contribution in [2.45, 2.75) is 23.0 Å². The van der Waals surface area contributed by atoms with E-state index in [1.807, 2.05) is 0 Å². The summed E-state index contributed by atoms with van der Waals surface area (Å²) in [5.41, 5.74) is 0.201. The smallest absolute Gasteiger partial charge is 0.387 e. The van der Waals surface area contributed by atoms with E-state index in [1.165, 1.54) is 13.0 Å². The molecule has 0 amide bonds. The number of rotatable bonds is 3. The van der Waals surface area contributed by atoms with Crippen molar-refractivity contribution in [2.75, 3.05) is 0 Å². The molecule has 2 aromatic carbocycles. The second-order valence-electron chi connectivity index (χ2n) is 5.05. The van der Waals surface area contributed by atoms with Crippen LogP contribution in [0.2, 0.25) is 0 Å². The molecule has 6 nitrogen and oxygen atoms in total. The molecule has 2 aromatic rings. The molecular formula is C15H10F2O6S. The molecule has 0 bridgehead atoms. The molecule has 0 radical (unpaired) electrons. The van der Waals surface area contributed by atoms with E-state index in [4.69, 9.17) is 14.6 Å². The molecule has 0 aliphatic carbocycles. The molecule has 126 valence electrons. The maximum atomic E-state index is 13.9. The van der Waals surface area contributed by atoms with Crippen LogP contribution in [0.3, 0.4) is 0 Å². The van der Waals surface area contributed by atoms with E-state index in [0.29, 0.717) is 6.07 Å². The van der Waals surface area contributed by atoms with Crippen molar-refractivity contribution in [3.63, 3.8) is 0 Å². The Hall–Kier alpha value is -2.68. The first-order valence-electron chi connectivity index (χ1n) is 6.61. The van der Waals surface area contributed by atoms with Crippen molar-refractivity contribution < 1.29 is 36.6 Å². The molecule has 1 N–H and O–H groups in total. The number of hydrogen-bond acceptors (Lipinski definition) is 5. The summed E-state index contributed by atoms with van der Waals surface area (Å²) in [7, 11) is -4.30. The third-order valence-corrected chi connectivity index (χ3v) is 5.31. The van der Waals surface area contributed by atoms with Crippen LogP contribution in [0.5, 0.6) is 11.5 Å². The van der Waals surface area contributed by atoms with E-state index in [2.05, 4.69) is 0 Å². The molecule has 0 saturated heterocycles. The highest BCUT2D eigenvalue weighted by Gasteiger charge is 2.33. The van der Waals surface area contributed by atoms with Crippen molar-refractivity contribution >= 4 is 15.8 Å². The van der Waals surface area contributed by atoms with Crippen LogP contribution in [0, 0.1) is 18.6 Å². The number of carbonyl (C=O) groups is 1. The summed E-state index contributed by atoms with van der Waals surface area (Å²) in [6.07, 6.45) is -1.58. The molecule has 24 heavy (non-hydrogen) atoms. The summed E-state index contributed by atoms with van der Waals surface area (Å²) in [5, 5.41) is 8.87. The maximum Gasteiger partial charge on any atom is 0.387 e. The molecule has 1 heterocycles. The van der Waals surface area contributed by atoms with Gasteiger partial charge in [-0.25, -0.2) is 22.0 Å². The normalized spacial score (nSPS) is 16.2. The summed E-state index contributed by atoms with van der Waals surface area (Å²) < 4.78 is 62.1. The minimum atomic E-state index is -4.30. The van der Waals surface area contributed by atoms with Crippen molar-refractivity contribution in [3.8, 4) is 11.5 Å². The quantitative estimate of drug-likeness (QED) is 0.849. The van der Waals surface area contributed by atoms with Crippen LogP contribution < -0.4 is 9.47 Å². The zero-order valence-corrected chi connectivity index (χ0v) is 12.9. The van der Waals surface area contributed by atoms with Gasteiger partial charge in [0.1, 0.15) is 16.5 Å². The minimum Gasteiger partial charge on any atom is -0.476 e. The van der Waals surface area contributed by atoms with Gasteiger partial charge in [-0.1, -0.05) is 0 Å². The molecule has 1 atom stereocenters. The average Bonchev–Trinajstić information content (AvgIpc) is 2.88. The number of sulfone groups is 1. The fourth-order valence-corrected chi connectivity index (χ4v) is 3.83. The standard InChI is InChI=1S/C15H10F2O6S/c1-7-4-10-11(23-15(22-10)14(18)19)6-13(7)24(20,21)12-3-2-8(16)5-9(12)17/h2-6,15H,1H3,(H,18,19). The highest BCUT2D eigenvalue weighted by molar-refractivity contribution is 7.91. The van der Waals surface area contributed by atoms with Gasteiger partial charge in [-0.3, -0.25) is 0 Å². The molecule has 1 aliphatic heterocycles. The van der Waals surface area contributed by atoms with Gasteiger partial charge in [0.2, 0.25) is 9.84 Å². The van der Waals surface area contributed by atoms with E-state index in [0.717, 1.165) is 18.2 Å². The fraction of sp³-hybridized carbons (Fsp3) is 0.133. The van der Waals surface area contributed by atoms with Gasteiger partial charge in [0.05, 0.1) is 4.90 Å². The van der Waals surface area contributed by atoms with Crippen LogP contribution in [0.4, 0.5) is 8.78 Å². The lowest BCUT2D eigenvalue weighted by Crippen LogP contribution is -2.28. The van der Waals surface area contributed by atoms with Gasteiger partial charge in [0, 0.05) is 12.1 Å². The Morgan fingerprint density at radius 3 is 2.29 bits per heavy atom. The van der Waals surface area contributed by atoms with E-state index in [-0.39, 0.29) is 22.0 Å². The van der Waals surface area contributed by atoms with E-state index < -0.39 is 38.6 Å². The number of halogens is 2. The third kappa shape index (κ3) is 2.56. The van der Waals surface area contributed by atoms with E-state index in [9.17, 15) is 22.0 Å². The van der Waals surface area contributed by atoms with E-state index >= 15 is 0 Å². The zero-order chi connectivity index (χ0) is 17.6. The summed E-state index contributed by atoms with van der Waals surface area (Å²) in [6, 6.07) is 4.47. The third-order valence-electron chi connectivity index (χ3n) is 3.38. The van der Waals surface area contributed by atoms with Gasteiger partial charge in [-0.05, 0) is 30.7 Å². The number of fused-ring (bicyclic) bond motifs is 1. The van der Waals surface area contributed by atoms with Crippen LogP contribution in [0.1, 0.15) is 5.56 Å². The molecule has 3 rings (SSSR count). The van der Waals surface area contributed by atoms with Gasteiger partial charge in [-0.15, -0.1) is 0 Å². The summed E-state index contributed by atoms with van der Waals surface area (Å²) >= 11 is 0. The van der Waals surface area contributed by atoms with Crippen LogP contribution in [0.25, 0.3) is 0 Å². The second kappa shape index (κ2) is 5.45. The van der Waals surface area contributed by atoms with Crippen LogP contribution in [-0.4, -0.2) is 25.8 Å². The second-order valence-corrected chi connectivity index (χ2v) is 6.94. The Kier molecular flexibility index (Phi) is 3.67. The molecular weight excluding hydrogens is 346 g/mol. The molecule has 0 fully saturated rings. The minimum absolute atomic E-state index is 0.0680. The Morgan fingerprint density at radius 2 is 1.71 bits per heavy atom. The number of aliphatic carboxylic acids is 1. The predicted molar refractivity (Wildman–Crippen MR) is 75.7 cm³/mol. The first-order chi connectivity index (χ1) is 11.2. The maximum absolute atomic E-state index is 13.9. The molecule has 1 unspecified atom stereocenters. The van der Waals surface area contributed by atoms with Gasteiger partial charge in [0.15, 0.2) is 11.5 Å². The number of benzene rings is 2. The Labute approximate surface area is 135 Å². The molecule has 0 aromatic heterocycles.